The number of carbonyl (C=O) groups is 1. The molecule has 4 nitrogen and oxygen atoms in total. The SMILES string of the molecule is Cc1ccc(-n2cccc2/C=C(/C#N)C(=O)NC2CCCC2)cc1Cl. The molecule has 25 heavy (non-hydrogen) atoms. The number of rotatable bonds is 4. The summed E-state index contributed by atoms with van der Waals surface area (Å²) in [6.07, 6.45) is 7.75. The highest BCUT2D eigenvalue weighted by molar-refractivity contribution is 6.31. The summed E-state index contributed by atoms with van der Waals surface area (Å²) in [5, 5.41) is 13.0. The van der Waals surface area contributed by atoms with Crippen molar-refractivity contribution < 1.29 is 4.79 Å². The number of hydrogen-bond donors (Lipinski definition) is 1. The molecule has 2 aromatic rings. The van der Waals surface area contributed by atoms with Crippen LogP contribution in [0.1, 0.15) is 36.9 Å². The first-order valence-electron chi connectivity index (χ1n) is 8.45. The molecule has 0 radical (unpaired) electrons. The smallest absolute Gasteiger partial charge is 0.262 e. The van der Waals surface area contributed by atoms with Crippen LogP contribution in [0.2, 0.25) is 5.02 Å². The summed E-state index contributed by atoms with van der Waals surface area (Å²) in [6, 6.07) is 11.7. The summed E-state index contributed by atoms with van der Waals surface area (Å²) < 4.78 is 1.91. The van der Waals surface area contributed by atoms with Gasteiger partial charge in [0.25, 0.3) is 5.91 Å². The van der Waals surface area contributed by atoms with Crippen molar-refractivity contribution in [1.82, 2.24) is 9.88 Å². The second-order valence-corrected chi connectivity index (χ2v) is 6.77. The topological polar surface area (TPSA) is 57.8 Å². The number of halogens is 1. The summed E-state index contributed by atoms with van der Waals surface area (Å²) in [6.45, 7) is 1.95. The third kappa shape index (κ3) is 3.94. The van der Waals surface area contributed by atoms with Crippen molar-refractivity contribution in [2.45, 2.75) is 38.6 Å². The number of nitrogens with one attached hydrogen (secondary N) is 1. The average molecular weight is 354 g/mol. The lowest BCUT2D eigenvalue weighted by Crippen LogP contribution is -2.33. The zero-order valence-electron chi connectivity index (χ0n) is 14.1. The van der Waals surface area contributed by atoms with Gasteiger partial charge in [-0.2, -0.15) is 5.26 Å². The van der Waals surface area contributed by atoms with Gasteiger partial charge < -0.3 is 9.88 Å². The molecular formula is C20H20ClN3O. The summed E-state index contributed by atoms with van der Waals surface area (Å²) in [7, 11) is 0. The van der Waals surface area contributed by atoms with E-state index in [9.17, 15) is 10.1 Å². The Morgan fingerprint density at radius 3 is 2.80 bits per heavy atom. The van der Waals surface area contributed by atoms with Gasteiger partial charge in [0, 0.05) is 28.6 Å². The molecule has 0 atom stereocenters. The van der Waals surface area contributed by atoms with Gasteiger partial charge in [-0.25, -0.2) is 0 Å². The number of benzene rings is 1. The van der Waals surface area contributed by atoms with Gasteiger partial charge in [-0.15, -0.1) is 0 Å². The van der Waals surface area contributed by atoms with Crippen LogP contribution in [0.25, 0.3) is 11.8 Å². The van der Waals surface area contributed by atoms with Gasteiger partial charge >= 0.3 is 0 Å². The summed E-state index contributed by atoms with van der Waals surface area (Å²) in [4.78, 5) is 12.4. The monoisotopic (exact) mass is 353 g/mol. The molecule has 1 aromatic carbocycles. The molecule has 5 heteroatoms. The molecule has 3 rings (SSSR count). The number of nitriles is 1. The minimum atomic E-state index is -0.302. The van der Waals surface area contributed by atoms with Crippen molar-refractivity contribution in [1.29, 1.82) is 5.26 Å². The highest BCUT2D eigenvalue weighted by Gasteiger charge is 2.19. The molecule has 128 valence electrons. The number of hydrogen-bond acceptors (Lipinski definition) is 2. The van der Waals surface area contributed by atoms with Crippen molar-refractivity contribution in [3.63, 3.8) is 0 Å². The zero-order chi connectivity index (χ0) is 17.8. The van der Waals surface area contributed by atoms with Crippen LogP contribution in [-0.4, -0.2) is 16.5 Å². The van der Waals surface area contributed by atoms with Crippen LogP contribution < -0.4 is 5.32 Å². The molecular weight excluding hydrogens is 334 g/mol. The zero-order valence-corrected chi connectivity index (χ0v) is 14.9. The van der Waals surface area contributed by atoms with Crippen molar-refractivity contribution in [3.05, 3.63) is 58.4 Å². The van der Waals surface area contributed by atoms with Crippen molar-refractivity contribution in [2.24, 2.45) is 0 Å². The van der Waals surface area contributed by atoms with E-state index >= 15 is 0 Å². The minimum absolute atomic E-state index is 0.116. The third-order valence-corrected chi connectivity index (χ3v) is 4.97. The van der Waals surface area contributed by atoms with Gasteiger partial charge in [0.05, 0.1) is 0 Å². The lowest BCUT2D eigenvalue weighted by Gasteiger charge is -2.12. The van der Waals surface area contributed by atoms with Crippen LogP contribution in [0.3, 0.4) is 0 Å². The highest BCUT2D eigenvalue weighted by Crippen LogP contribution is 2.22. The Bertz CT molecular complexity index is 854. The molecule has 1 N–H and O–H groups in total. The predicted molar refractivity (Wildman–Crippen MR) is 99.5 cm³/mol. The van der Waals surface area contributed by atoms with Gasteiger partial charge in [-0.3, -0.25) is 4.79 Å². The van der Waals surface area contributed by atoms with Gasteiger partial charge in [-0.05, 0) is 55.7 Å². The first kappa shape index (κ1) is 17.3. The summed E-state index contributed by atoms with van der Waals surface area (Å²) in [5.41, 5.74) is 2.77. The fraction of sp³-hybridized carbons (Fsp3) is 0.300. The second-order valence-electron chi connectivity index (χ2n) is 6.36. The average Bonchev–Trinajstić information content (AvgIpc) is 3.26. The van der Waals surface area contributed by atoms with Crippen molar-refractivity contribution in [2.75, 3.05) is 0 Å². The molecule has 0 saturated heterocycles. The third-order valence-electron chi connectivity index (χ3n) is 4.56. The van der Waals surface area contributed by atoms with E-state index in [2.05, 4.69) is 5.32 Å². The Labute approximate surface area is 152 Å². The van der Waals surface area contributed by atoms with E-state index in [-0.39, 0.29) is 17.5 Å². The van der Waals surface area contributed by atoms with E-state index in [1.54, 1.807) is 6.08 Å². The van der Waals surface area contributed by atoms with Crippen LogP contribution in [-0.2, 0) is 4.79 Å². The highest BCUT2D eigenvalue weighted by atomic mass is 35.5. The van der Waals surface area contributed by atoms with Gasteiger partial charge in [0.2, 0.25) is 0 Å². The van der Waals surface area contributed by atoms with Crippen LogP contribution in [0, 0.1) is 18.3 Å². The molecule has 1 fully saturated rings. The van der Waals surface area contributed by atoms with Crippen molar-refractivity contribution >= 4 is 23.6 Å². The van der Waals surface area contributed by atoms with Gasteiger partial charge in [0.1, 0.15) is 11.6 Å². The maximum absolute atomic E-state index is 12.4. The van der Waals surface area contributed by atoms with Crippen LogP contribution in [0.15, 0.2) is 42.1 Å². The Balaban J connectivity index is 1.87. The van der Waals surface area contributed by atoms with Crippen LogP contribution in [0.5, 0.6) is 0 Å². The number of carbonyl (C=O) groups excluding carboxylic acids is 1. The van der Waals surface area contributed by atoms with E-state index < -0.39 is 0 Å². The molecule has 0 bridgehead atoms. The van der Waals surface area contributed by atoms with E-state index in [1.165, 1.54) is 0 Å². The predicted octanol–water partition coefficient (Wildman–Crippen LogP) is 4.40. The lowest BCUT2D eigenvalue weighted by atomic mass is 10.1. The number of aromatic nitrogens is 1. The minimum Gasteiger partial charge on any atom is -0.349 e. The quantitative estimate of drug-likeness (QED) is 0.654. The van der Waals surface area contributed by atoms with E-state index in [1.807, 2.05) is 54.1 Å². The molecule has 1 aliphatic rings. The first-order valence-corrected chi connectivity index (χ1v) is 8.83. The number of amides is 1. The molecule has 1 heterocycles. The maximum Gasteiger partial charge on any atom is 0.262 e. The number of aryl methyl sites for hydroxylation is 1. The molecule has 1 amide bonds. The van der Waals surface area contributed by atoms with Gasteiger partial charge in [0.15, 0.2) is 0 Å². The Morgan fingerprint density at radius 1 is 1.36 bits per heavy atom. The van der Waals surface area contributed by atoms with E-state index in [0.29, 0.717) is 5.02 Å². The van der Waals surface area contributed by atoms with E-state index in [0.717, 1.165) is 42.6 Å². The van der Waals surface area contributed by atoms with Gasteiger partial charge in [-0.1, -0.05) is 30.5 Å². The Kier molecular flexibility index (Phi) is 5.25. The molecule has 1 saturated carbocycles. The summed E-state index contributed by atoms with van der Waals surface area (Å²) >= 11 is 6.22. The van der Waals surface area contributed by atoms with E-state index in [4.69, 9.17) is 11.6 Å². The van der Waals surface area contributed by atoms with Crippen molar-refractivity contribution in [3.8, 4) is 11.8 Å². The fourth-order valence-electron chi connectivity index (χ4n) is 3.11. The molecule has 0 spiro atoms. The molecule has 1 aromatic heterocycles. The molecule has 0 unspecified atom stereocenters. The first-order chi connectivity index (χ1) is 12.1. The molecule has 0 aliphatic heterocycles. The van der Waals surface area contributed by atoms with Crippen LogP contribution >= 0.6 is 11.6 Å². The summed E-state index contributed by atoms with van der Waals surface area (Å²) in [5.74, 6) is -0.302. The fourth-order valence-corrected chi connectivity index (χ4v) is 3.28. The standard InChI is InChI=1S/C20H20ClN3O/c1-14-8-9-18(12-19(14)21)24-10-4-7-17(24)11-15(13-22)20(25)23-16-5-2-3-6-16/h4,7-12,16H,2-3,5-6H2,1H3,(H,23,25)/b15-11-. The molecule has 1 aliphatic carbocycles. The Hall–Kier alpha value is -2.51. The lowest BCUT2D eigenvalue weighted by molar-refractivity contribution is -0.117. The maximum atomic E-state index is 12.4. The van der Waals surface area contributed by atoms with Crippen LogP contribution in [0.4, 0.5) is 0 Å². The normalized spacial score (nSPS) is 15.2. The number of nitrogens with zero attached hydrogens (tertiary/aromatic N) is 2. The largest absolute Gasteiger partial charge is 0.349 e. The second kappa shape index (κ2) is 7.58. The Morgan fingerprint density at radius 2 is 2.12 bits per heavy atom.